The van der Waals surface area contributed by atoms with E-state index in [1.807, 2.05) is 12.3 Å². The summed E-state index contributed by atoms with van der Waals surface area (Å²) in [5, 5.41) is 0. The van der Waals surface area contributed by atoms with Crippen LogP contribution in [0.3, 0.4) is 0 Å². The van der Waals surface area contributed by atoms with Crippen molar-refractivity contribution >= 4 is 15.9 Å². The molecule has 0 N–H and O–H groups in total. The molecule has 0 saturated carbocycles. The molecule has 4 heteroatoms. The van der Waals surface area contributed by atoms with Crippen molar-refractivity contribution in [2.75, 3.05) is 20.1 Å². The second kappa shape index (κ2) is 5.68. The van der Waals surface area contributed by atoms with Gasteiger partial charge in [0.2, 0.25) is 0 Å². The number of pyridine rings is 1. The van der Waals surface area contributed by atoms with Gasteiger partial charge in [-0.2, -0.15) is 0 Å². The smallest absolute Gasteiger partial charge is 0.0583 e. The van der Waals surface area contributed by atoms with Crippen molar-refractivity contribution < 1.29 is 0 Å². The summed E-state index contributed by atoms with van der Waals surface area (Å²) in [6.07, 6.45) is 1.87. The van der Waals surface area contributed by atoms with Crippen molar-refractivity contribution in [1.82, 2.24) is 14.8 Å². The fourth-order valence-corrected chi connectivity index (χ4v) is 2.95. The highest BCUT2D eigenvalue weighted by molar-refractivity contribution is 9.10. The van der Waals surface area contributed by atoms with Crippen molar-refractivity contribution in [3.8, 4) is 0 Å². The minimum Gasteiger partial charge on any atom is -0.298 e. The molecule has 1 aliphatic rings. The van der Waals surface area contributed by atoms with E-state index in [1.165, 1.54) is 0 Å². The SMILES string of the molecule is C[C@@H]1CN([C@@H](C)c2cc(Br)ccn2)C[C@H](C)N1C. The molecule has 1 aromatic heterocycles. The van der Waals surface area contributed by atoms with Crippen molar-refractivity contribution in [3.05, 3.63) is 28.5 Å². The number of nitrogens with zero attached hydrogens (tertiary/aromatic N) is 3. The third-order valence-electron chi connectivity index (χ3n) is 4.11. The van der Waals surface area contributed by atoms with Crippen molar-refractivity contribution in [2.24, 2.45) is 0 Å². The summed E-state index contributed by atoms with van der Waals surface area (Å²) in [5.41, 5.74) is 1.15. The lowest BCUT2D eigenvalue weighted by Gasteiger charge is -2.44. The molecule has 0 radical (unpaired) electrons. The maximum absolute atomic E-state index is 4.50. The number of rotatable bonds is 2. The van der Waals surface area contributed by atoms with E-state index >= 15 is 0 Å². The van der Waals surface area contributed by atoms with Gasteiger partial charge >= 0.3 is 0 Å². The van der Waals surface area contributed by atoms with Crippen LogP contribution in [0.4, 0.5) is 0 Å². The average Bonchev–Trinajstić information content (AvgIpc) is 2.34. The first-order valence-electron chi connectivity index (χ1n) is 6.56. The van der Waals surface area contributed by atoms with E-state index in [4.69, 9.17) is 0 Å². The first-order chi connectivity index (χ1) is 8.49. The summed E-state index contributed by atoms with van der Waals surface area (Å²) in [7, 11) is 2.22. The molecular formula is C14H22BrN3. The zero-order chi connectivity index (χ0) is 13.3. The number of likely N-dealkylation sites (N-methyl/N-ethyl adjacent to an activating group) is 1. The molecular weight excluding hydrogens is 290 g/mol. The highest BCUT2D eigenvalue weighted by Gasteiger charge is 2.29. The Bertz CT molecular complexity index is 398. The van der Waals surface area contributed by atoms with Gasteiger partial charge in [0.1, 0.15) is 0 Å². The van der Waals surface area contributed by atoms with Gasteiger partial charge in [0.25, 0.3) is 0 Å². The monoisotopic (exact) mass is 311 g/mol. The van der Waals surface area contributed by atoms with E-state index in [9.17, 15) is 0 Å². The maximum atomic E-state index is 4.50. The maximum Gasteiger partial charge on any atom is 0.0583 e. The molecule has 1 aliphatic heterocycles. The Balaban J connectivity index is 2.12. The van der Waals surface area contributed by atoms with E-state index in [-0.39, 0.29) is 0 Å². The van der Waals surface area contributed by atoms with Crippen molar-refractivity contribution in [2.45, 2.75) is 38.9 Å². The van der Waals surface area contributed by atoms with Gasteiger partial charge in [-0.3, -0.25) is 14.8 Å². The number of aromatic nitrogens is 1. The summed E-state index contributed by atoms with van der Waals surface area (Å²) in [5.74, 6) is 0. The Morgan fingerprint density at radius 1 is 1.33 bits per heavy atom. The van der Waals surface area contributed by atoms with E-state index in [0.717, 1.165) is 23.3 Å². The summed E-state index contributed by atoms with van der Waals surface area (Å²) in [4.78, 5) is 9.49. The van der Waals surface area contributed by atoms with Crippen LogP contribution in [0.25, 0.3) is 0 Å². The predicted molar refractivity (Wildman–Crippen MR) is 78.6 cm³/mol. The highest BCUT2D eigenvalue weighted by Crippen LogP contribution is 2.25. The Hall–Kier alpha value is -0.450. The van der Waals surface area contributed by atoms with Gasteiger partial charge in [0.05, 0.1) is 5.69 Å². The van der Waals surface area contributed by atoms with Gasteiger partial charge in [-0.1, -0.05) is 15.9 Å². The van der Waals surface area contributed by atoms with Crippen LogP contribution >= 0.6 is 15.9 Å². The zero-order valence-electron chi connectivity index (χ0n) is 11.6. The summed E-state index contributed by atoms with van der Waals surface area (Å²) in [6.45, 7) is 9.05. The second-order valence-corrected chi connectivity index (χ2v) is 6.31. The molecule has 1 fully saturated rings. The van der Waals surface area contributed by atoms with Crippen LogP contribution in [0.15, 0.2) is 22.8 Å². The summed E-state index contributed by atoms with van der Waals surface area (Å²) in [6, 6.07) is 5.68. The molecule has 0 aliphatic carbocycles. The van der Waals surface area contributed by atoms with Gasteiger partial charge < -0.3 is 0 Å². The van der Waals surface area contributed by atoms with Gasteiger partial charge in [-0.15, -0.1) is 0 Å². The molecule has 3 nitrogen and oxygen atoms in total. The van der Waals surface area contributed by atoms with Crippen LogP contribution in [0.5, 0.6) is 0 Å². The van der Waals surface area contributed by atoms with E-state index in [2.05, 4.69) is 64.6 Å². The lowest BCUT2D eigenvalue weighted by atomic mass is 10.1. The molecule has 1 saturated heterocycles. The molecule has 0 aromatic carbocycles. The van der Waals surface area contributed by atoms with Crippen molar-refractivity contribution in [3.63, 3.8) is 0 Å². The molecule has 1 aromatic rings. The van der Waals surface area contributed by atoms with Gasteiger partial charge in [0.15, 0.2) is 0 Å². The summed E-state index contributed by atoms with van der Waals surface area (Å²) < 4.78 is 1.11. The Kier molecular flexibility index (Phi) is 4.41. The lowest BCUT2D eigenvalue weighted by molar-refractivity contribution is 0.0367. The second-order valence-electron chi connectivity index (χ2n) is 5.39. The molecule has 0 unspecified atom stereocenters. The molecule has 0 bridgehead atoms. The Morgan fingerprint density at radius 3 is 2.50 bits per heavy atom. The van der Waals surface area contributed by atoms with Gasteiger partial charge in [-0.05, 0) is 40.0 Å². The normalized spacial score (nSPS) is 28.3. The van der Waals surface area contributed by atoms with E-state index < -0.39 is 0 Å². The van der Waals surface area contributed by atoms with Crippen LogP contribution in [-0.4, -0.2) is 47.0 Å². The number of piperazine rings is 1. The van der Waals surface area contributed by atoms with Crippen LogP contribution in [0, 0.1) is 0 Å². The first-order valence-corrected chi connectivity index (χ1v) is 7.35. The molecule has 2 rings (SSSR count). The van der Waals surface area contributed by atoms with E-state index in [0.29, 0.717) is 18.1 Å². The Labute approximate surface area is 118 Å². The minimum atomic E-state index is 0.376. The molecule has 2 heterocycles. The molecule has 18 heavy (non-hydrogen) atoms. The average molecular weight is 312 g/mol. The van der Waals surface area contributed by atoms with Crippen LogP contribution in [0.1, 0.15) is 32.5 Å². The molecule has 100 valence electrons. The topological polar surface area (TPSA) is 19.4 Å². The number of halogens is 1. The minimum absolute atomic E-state index is 0.376. The Morgan fingerprint density at radius 2 is 1.94 bits per heavy atom. The summed E-state index contributed by atoms with van der Waals surface area (Å²) >= 11 is 3.52. The van der Waals surface area contributed by atoms with Gasteiger partial charge in [-0.25, -0.2) is 0 Å². The number of hydrogen-bond donors (Lipinski definition) is 0. The van der Waals surface area contributed by atoms with Crippen molar-refractivity contribution in [1.29, 1.82) is 0 Å². The third kappa shape index (κ3) is 2.92. The standard InChI is InChI=1S/C14H22BrN3/c1-10-8-18(9-11(2)17(10)4)12(3)14-7-13(15)5-6-16-14/h5-7,10-12H,8-9H2,1-4H3/t10-,11+,12-/m0/s1. The van der Waals surface area contributed by atoms with Crippen LogP contribution in [-0.2, 0) is 0 Å². The zero-order valence-corrected chi connectivity index (χ0v) is 13.2. The largest absolute Gasteiger partial charge is 0.298 e. The third-order valence-corrected chi connectivity index (χ3v) is 4.60. The fourth-order valence-electron chi connectivity index (χ4n) is 2.60. The number of hydrogen-bond acceptors (Lipinski definition) is 3. The van der Waals surface area contributed by atoms with E-state index in [1.54, 1.807) is 0 Å². The first kappa shape index (κ1) is 14.0. The van der Waals surface area contributed by atoms with Crippen LogP contribution < -0.4 is 0 Å². The van der Waals surface area contributed by atoms with Crippen LogP contribution in [0.2, 0.25) is 0 Å². The fraction of sp³-hybridized carbons (Fsp3) is 0.643. The quantitative estimate of drug-likeness (QED) is 0.837. The molecule has 3 atom stereocenters. The highest BCUT2D eigenvalue weighted by atomic mass is 79.9. The van der Waals surface area contributed by atoms with Gasteiger partial charge in [0, 0.05) is 41.9 Å². The molecule has 0 spiro atoms. The molecule has 0 amide bonds. The predicted octanol–water partition coefficient (Wildman–Crippen LogP) is 2.93. The lowest BCUT2D eigenvalue weighted by Crippen LogP contribution is -2.55.